The molecule has 1 unspecified atom stereocenters. The minimum absolute atomic E-state index is 0.0944. The number of hydrogen-bond acceptors (Lipinski definition) is 10. The van der Waals surface area contributed by atoms with Crippen molar-refractivity contribution in [2.75, 3.05) is 13.7 Å². The molecule has 0 saturated carbocycles. The van der Waals surface area contributed by atoms with E-state index in [0.29, 0.717) is 12.8 Å². The Balaban J connectivity index is 2.71. The van der Waals surface area contributed by atoms with Gasteiger partial charge in [-0.15, -0.1) is 0 Å². The van der Waals surface area contributed by atoms with E-state index in [0.717, 1.165) is 38.5 Å². The van der Waals surface area contributed by atoms with E-state index in [-0.39, 0.29) is 24.5 Å². The Morgan fingerprint density at radius 1 is 0.523 bits per heavy atom. The number of hydrogen-bond donors (Lipinski definition) is 1. The Labute approximate surface area is 401 Å². The van der Waals surface area contributed by atoms with Crippen LogP contribution in [0.4, 0.5) is 0 Å². The second kappa shape index (κ2) is 37.8. The Kier molecular flexibility index (Phi) is 36.0. The Morgan fingerprint density at radius 2 is 0.831 bits per heavy atom. The molecule has 1 rings (SSSR count). The molecule has 0 radical (unpaired) electrons. The first kappa shape index (κ1) is 61.9. The highest BCUT2D eigenvalue weighted by atomic mass is 32.3. The van der Waals surface area contributed by atoms with Gasteiger partial charge in [0.15, 0.2) is 26.8 Å². The maximum absolute atomic E-state index is 13.5. The monoisotopic (exact) mass is 963 g/mol. The molecule has 13 heteroatoms. The number of carbonyl (C=O) groups excluding carboxylic acids is 2. The lowest BCUT2D eigenvalue weighted by Gasteiger charge is -2.45. The van der Waals surface area contributed by atoms with Gasteiger partial charge >= 0.3 is 22.3 Å². The van der Waals surface area contributed by atoms with Crippen molar-refractivity contribution in [3.63, 3.8) is 0 Å². The number of unbranched alkanes of at least 4 members (excludes halogenated alkanes) is 31. The average molecular weight is 964 g/mol. The third-order valence-electron chi connectivity index (χ3n) is 13.7. The first-order valence-corrected chi connectivity index (χ1v) is 31.2. The van der Waals surface area contributed by atoms with Crippen molar-refractivity contribution in [3.8, 4) is 0 Å². The zero-order chi connectivity index (χ0) is 48.2. The number of methoxy groups -OCH3 is 1. The largest absolute Gasteiger partial charge is 0.455 e. The molecule has 0 aromatic rings. The summed E-state index contributed by atoms with van der Waals surface area (Å²) in [5, 5.41) is -0.176. The smallest absolute Gasteiger partial charge is 0.397 e. The highest BCUT2D eigenvalue weighted by Crippen LogP contribution is 2.38. The van der Waals surface area contributed by atoms with Crippen LogP contribution in [0, 0.1) is 0 Å². The fourth-order valence-electron chi connectivity index (χ4n) is 8.46. The van der Waals surface area contributed by atoms with Gasteiger partial charge in [-0.05, 0) is 31.0 Å². The van der Waals surface area contributed by atoms with Gasteiger partial charge in [0.1, 0.15) is 12.2 Å². The zero-order valence-corrected chi connectivity index (χ0v) is 45.1. The van der Waals surface area contributed by atoms with E-state index in [1.54, 1.807) is 0 Å². The Bertz CT molecular complexity index is 1270. The van der Waals surface area contributed by atoms with E-state index in [2.05, 4.69) is 34.6 Å². The quantitative estimate of drug-likeness (QED) is 0.0270. The normalized spacial score (nSPS) is 19.4. The Hall–Kier alpha value is -1.09. The number of ether oxygens (including phenoxy) is 4. The molecule has 0 spiro atoms. The van der Waals surface area contributed by atoms with Gasteiger partial charge in [0.05, 0.1) is 6.61 Å². The lowest BCUT2D eigenvalue weighted by Crippen LogP contribution is -2.63. The molecule has 0 bridgehead atoms. The van der Waals surface area contributed by atoms with Crippen molar-refractivity contribution in [1.82, 2.24) is 0 Å². The molecular formula is C52H102O11SSi. The van der Waals surface area contributed by atoms with Crippen LogP contribution in [-0.4, -0.2) is 77.6 Å². The molecule has 5 atom stereocenters. The summed E-state index contributed by atoms with van der Waals surface area (Å²) in [7, 11) is -6.06. The SMILES string of the molecule is CCCCCCCCCCCCCCCCCCCC(=O)O[C@H]1[C@H](OS(=O)(=O)O)[C@@H](CO[Si](C)(C)C(C)(C)C)OC(OC)[C@@H]1OC(=O)CCCCCCCCCCCCCCCCCC. The molecule has 1 N–H and O–H groups in total. The molecule has 0 amide bonds. The predicted molar refractivity (Wildman–Crippen MR) is 268 cm³/mol. The molecule has 11 nitrogen and oxygen atoms in total. The van der Waals surface area contributed by atoms with Crippen LogP contribution in [0.15, 0.2) is 0 Å². The van der Waals surface area contributed by atoms with Crippen molar-refractivity contribution in [1.29, 1.82) is 0 Å². The van der Waals surface area contributed by atoms with Crippen LogP contribution in [0.5, 0.6) is 0 Å². The lowest BCUT2D eigenvalue weighted by atomic mass is 9.98. The predicted octanol–water partition coefficient (Wildman–Crippen LogP) is 15.1. The van der Waals surface area contributed by atoms with Crippen molar-refractivity contribution in [2.24, 2.45) is 0 Å². The molecule has 1 fully saturated rings. The first-order chi connectivity index (χ1) is 31.1. The van der Waals surface area contributed by atoms with Crippen LogP contribution < -0.4 is 0 Å². The van der Waals surface area contributed by atoms with Gasteiger partial charge in [-0.1, -0.05) is 234 Å². The molecule has 65 heavy (non-hydrogen) atoms. The molecule has 0 aliphatic carbocycles. The molecule has 1 saturated heterocycles. The lowest BCUT2D eigenvalue weighted by molar-refractivity contribution is -0.296. The average Bonchev–Trinajstić information content (AvgIpc) is 3.24. The summed E-state index contributed by atoms with van der Waals surface area (Å²) in [6.07, 6.45) is 33.9. The van der Waals surface area contributed by atoms with Crippen LogP contribution >= 0.6 is 0 Å². The standard InChI is InChI=1S/C52H102O11SSi/c1-9-11-13-15-17-19-21-23-25-27-29-31-32-34-36-38-40-42-46(53)61-49-48(63-64(55,56)57)45(44-59-65(7,8)52(3,4)5)60-51(58-6)50(49)62-47(54)43-41-39-37-35-33-30-28-26-24-22-20-18-16-14-12-10-2/h45,48-51H,9-44H2,1-8H3,(H,55,56,57)/t45-,48-,49+,50-,51?/m1/s1. The molecule has 1 heterocycles. The van der Waals surface area contributed by atoms with E-state index in [4.69, 9.17) is 27.6 Å². The van der Waals surface area contributed by atoms with Gasteiger partial charge in [0.2, 0.25) is 0 Å². The molecule has 0 aromatic carbocycles. The summed E-state index contributed by atoms with van der Waals surface area (Å²) in [5.41, 5.74) is 0. The van der Waals surface area contributed by atoms with Crippen LogP contribution in [0.25, 0.3) is 0 Å². The van der Waals surface area contributed by atoms with Gasteiger partial charge in [0, 0.05) is 20.0 Å². The second-order valence-corrected chi connectivity index (χ2v) is 26.6. The maximum Gasteiger partial charge on any atom is 0.397 e. The number of esters is 2. The molecule has 1 aliphatic heterocycles. The van der Waals surface area contributed by atoms with Crippen LogP contribution in [0.3, 0.4) is 0 Å². The van der Waals surface area contributed by atoms with Crippen molar-refractivity contribution < 1.29 is 50.1 Å². The van der Waals surface area contributed by atoms with E-state index < -0.39 is 61.4 Å². The van der Waals surface area contributed by atoms with E-state index in [9.17, 15) is 22.6 Å². The molecule has 0 aromatic heterocycles. The van der Waals surface area contributed by atoms with E-state index in [1.165, 1.54) is 168 Å². The minimum atomic E-state index is -5.06. The van der Waals surface area contributed by atoms with Gasteiger partial charge in [0.25, 0.3) is 0 Å². The highest BCUT2D eigenvalue weighted by molar-refractivity contribution is 7.80. The minimum Gasteiger partial charge on any atom is -0.455 e. The van der Waals surface area contributed by atoms with Crippen molar-refractivity contribution >= 4 is 30.7 Å². The first-order valence-electron chi connectivity index (χ1n) is 26.9. The zero-order valence-electron chi connectivity index (χ0n) is 43.3. The van der Waals surface area contributed by atoms with Crippen molar-refractivity contribution in [2.45, 2.75) is 308 Å². The van der Waals surface area contributed by atoms with Gasteiger partial charge < -0.3 is 23.4 Å². The summed E-state index contributed by atoms with van der Waals surface area (Å²) < 4.78 is 69.9. The highest BCUT2D eigenvalue weighted by Gasteiger charge is 2.53. The summed E-state index contributed by atoms with van der Waals surface area (Å²) in [5.74, 6) is -1.12. The number of carbonyl (C=O) groups is 2. The van der Waals surface area contributed by atoms with Gasteiger partial charge in [-0.2, -0.15) is 8.42 Å². The van der Waals surface area contributed by atoms with Gasteiger partial charge in [-0.25, -0.2) is 4.18 Å². The second-order valence-electron chi connectivity index (χ2n) is 20.7. The summed E-state index contributed by atoms with van der Waals surface area (Å²) in [6, 6.07) is 0. The van der Waals surface area contributed by atoms with Crippen LogP contribution in [0.1, 0.15) is 259 Å². The Morgan fingerprint density at radius 3 is 1.12 bits per heavy atom. The van der Waals surface area contributed by atoms with Crippen LogP contribution in [0.2, 0.25) is 18.1 Å². The summed E-state index contributed by atoms with van der Waals surface area (Å²) >= 11 is 0. The summed E-state index contributed by atoms with van der Waals surface area (Å²) in [6.45, 7) is 14.7. The number of rotatable bonds is 43. The van der Waals surface area contributed by atoms with E-state index in [1.807, 2.05) is 13.1 Å². The summed E-state index contributed by atoms with van der Waals surface area (Å²) in [4.78, 5) is 26.8. The molecular weight excluding hydrogens is 861 g/mol. The van der Waals surface area contributed by atoms with Crippen LogP contribution in [-0.2, 0) is 47.5 Å². The third kappa shape index (κ3) is 31.6. The maximum atomic E-state index is 13.5. The van der Waals surface area contributed by atoms with E-state index >= 15 is 0 Å². The molecule has 386 valence electrons. The third-order valence-corrected chi connectivity index (χ3v) is 18.7. The van der Waals surface area contributed by atoms with Crippen molar-refractivity contribution in [3.05, 3.63) is 0 Å². The topological polar surface area (TPSA) is 144 Å². The van der Waals surface area contributed by atoms with Gasteiger partial charge in [-0.3, -0.25) is 14.1 Å². The molecule has 1 aliphatic rings. The fraction of sp³-hybridized carbons (Fsp3) is 0.962. The fourth-order valence-corrected chi connectivity index (χ4v) is 9.99.